The van der Waals surface area contributed by atoms with Gasteiger partial charge in [-0.3, -0.25) is 0 Å². The molecule has 2 aromatic heterocycles. The van der Waals surface area contributed by atoms with Crippen LogP contribution in [0.1, 0.15) is 18.9 Å². The highest BCUT2D eigenvalue weighted by atomic mass is 32.1. The van der Waals surface area contributed by atoms with E-state index in [1.807, 2.05) is 13.2 Å². The highest BCUT2D eigenvalue weighted by Crippen LogP contribution is 2.26. The van der Waals surface area contributed by atoms with Crippen LogP contribution >= 0.6 is 11.3 Å². The van der Waals surface area contributed by atoms with Gasteiger partial charge in [-0.2, -0.15) is 0 Å². The first-order valence-electron chi connectivity index (χ1n) is 5.58. The fourth-order valence-corrected chi connectivity index (χ4v) is 2.67. The van der Waals surface area contributed by atoms with Gasteiger partial charge in [-0.25, -0.2) is 4.98 Å². The summed E-state index contributed by atoms with van der Waals surface area (Å²) in [4.78, 5) is 5.68. The van der Waals surface area contributed by atoms with Gasteiger partial charge < -0.3 is 9.88 Å². The van der Waals surface area contributed by atoms with Crippen molar-refractivity contribution in [3.8, 4) is 10.7 Å². The normalized spacial score (nSPS) is 10.9. The molecule has 0 saturated carbocycles. The number of nitrogens with one attached hydrogen (secondary N) is 1. The highest BCUT2D eigenvalue weighted by molar-refractivity contribution is 7.13. The third-order valence-electron chi connectivity index (χ3n) is 2.44. The molecule has 2 heterocycles. The second kappa shape index (κ2) is 5.27. The minimum atomic E-state index is 0.922. The zero-order valence-corrected chi connectivity index (χ0v) is 10.5. The number of aryl methyl sites for hydroxylation is 1. The Bertz CT molecular complexity index is 445. The van der Waals surface area contributed by atoms with E-state index in [0.717, 1.165) is 25.3 Å². The Labute approximate surface area is 100 Å². The topological polar surface area (TPSA) is 29.9 Å². The molecule has 3 nitrogen and oxygen atoms in total. The lowest BCUT2D eigenvalue weighted by Crippen LogP contribution is -2.03. The van der Waals surface area contributed by atoms with E-state index in [2.05, 4.69) is 39.4 Å². The van der Waals surface area contributed by atoms with Gasteiger partial charge in [0.25, 0.3) is 0 Å². The molecule has 0 aliphatic heterocycles. The van der Waals surface area contributed by atoms with E-state index in [9.17, 15) is 0 Å². The molecule has 0 saturated heterocycles. The average Bonchev–Trinajstić information content (AvgIpc) is 2.87. The van der Waals surface area contributed by atoms with Crippen LogP contribution in [-0.4, -0.2) is 16.6 Å². The Balaban J connectivity index is 2.24. The molecule has 0 unspecified atom stereocenters. The molecule has 2 aromatic rings. The van der Waals surface area contributed by atoms with Crippen molar-refractivity contribution in [3.05, 3.63) is 29.4 Å². The molecule has 0 aliphatic carbocycles. The lowest BCUT2D eigenvalue weighted by atomic mass is 10.3. The maximum Gasteiger partial charge on any atom is 0.149 e. The standard InChI is InChI=1S/C12H17N3S/c1-3-5-15-6-4-14-12(15)11-7-10(8-13-2)9-16-11/h4,6-7,9,13H,3,5,8H2,1-2H3. The van der Waals surface area contributed by atoms with E-state index < -0.39 is 0 Å². The summed E-state index contributed by atoms with van der Waals surface area (Å²) in [5.41, 5.74) is 1.33. The number of thiophene rings is 1. The fourth-order valence-electron chi connectivity index (χ4n) is 1.75. The zero-order valence-electron chi connectivity index (χ0n) is 9.73. The van der Waals surface area contributed by atoms with Gasteiger partial charge in [-0.1, -0.05) is 6.92 Å². The van der Waals surface area contributed by atoms with E-state index >= 15 is 0 Å². The molecule has 0 fully saturated rings. The number of hydrogen-bond acceptors (Lipinski definition) is 3. The summed E-state index contributed by atoms with van der Waals surface area (Å²) in [6.45, 7) is 4.14. The smallest absolute Gasteiger partial charge is 0.149 e. The quantitative estimate of drug-likeness (QED) is 0.863. The summed E-state index contributed by atoms with van der Waals surface area (Å²) in [6, 6.07) is 2.22. The molecular formula is C12H17N3S. The van der Waals surface area contributed by atoms with E-state index in [0.29, 0.717) is 0 Å². The van der Waals surface area contributed by atoms with E-state index in [1.54, 1.807) is 11.3 Å². The second-order valence-corrected chi connectivity index (χ2v) is 4.71. The number of hydrogen-bond donors (Lipinski definition) is 1. The maximum absolute atomic E-state index is 4.43. The van der Waals surface area contributed by atoms with E-state index in [-0.39, 0.29) is 0 Å². The van der Waals surface area contributed by atoms with Gasteiger partial charge in [0, 0.05) is 25.5 Å². The molecule has 0 spiro atoms. The number of nitrogens with zero attached hydrogens (tertiary/aromatic N) is 2. The number of aromatic nitrogens is 2. The van der Waals surface area contributed by atoms with Crippen LogP contribution in [0.4, 0.5) is 0 Å². The van der Waals surface area contributed by atoms with Gasteiger partial charge in [-0.15, -0.1) is 11.3 Å². The van der Waals surface area contributed by atoms with Crippen molar-refractivity contribution in [2.75, 3.05) is 7.05 Å². The van der Waals surface area contributed by atoms with Crippen molar-refractivity contribution >= 4 is 11.3 Å². The zero-order chi connectivity index (χ0) is 11.4. The Morgan fingerprint density at radius 3 is 3.12 bits per heavy atom. The predicted molar refractivity (Wildman–Crippen MR) is 68.6 cm³/mol. The molecule has 86 valence electrons. The first-order valence-corrected chi connectivity index (χ1v) is 6.46. The van der Waals surface area contributed by atoms with Crippen LogP contribution in [0, 0.1) is 0 Å². The molecule has 16 heavy (non-hydrogen) atoms. The molecule has 2 rings (SSSR count). The third kappa shape index (κ3) is 2.33. The SMILES string of the molecule is CCCn1ccnc1-c1cc(CNC)cs1. The summed E-state index contributed by atoms with van der Waals surface area (Å²) in [5, 5.41) is 5.35. The van der Waals surface area contributed by atoms with Crippen molar-refractivity contribution in [1.29, 1.82) is 0 Å². The molecular weight excluding hydrogens is 218 g/mol. The van der Waals surface area contributed by atoms with Crippen LogP contribution in [0.3, 0.4) is 0 Å². The fraction of sp³-hybridized carbons (Fsp3) is 0.417. The highest BCUT2D eigenvalue weighted by Gasteiger charge is 2.07. The van der Waals surface area contributed by atoms with E-state index in [4.69, 9.17) is 0 Å². The van der Waals surface area contributed by atoms with Crippen LogP contribution in [-0.2, 0) is 13.1 Å². The average molecular weight is 235 g/mol. The maximum atomic E-state index is 4.43. The molecule has 0 atom stereocenters. The first-order chi connectivity index (χ1) is 7.85. The summed E-state index contributed by atoms with van der Waals surface area (Å²) >= 11 is 1.76. The van der Waals surface area contributed by atoms with Gasteiger partial charge in [-0.05, 0) is 30.5 Å². The Morgan fingerprint density at radius 2 is 2.38 bits per heavy atom. The van der Waals surface area contributed by atoms with Crippen LogP contribution in [0.15, 0.2) is 23.8 Å². The Morgan fingerprint density at radius 1 is 1.50 bits per heavy atom. The van der Waals surface area contributed by atoms with Crippen LogP contribution in [0.5, 0.6) is 0 Å². The predicted octanol–water partition coefficient (Wildman–Crippen LogP) is 2.74. The molecule has 0 aromatic carbocycles. The molecule has 0 bridgehead atoms. The Hall–Kier alpha value is -1.13. The van der Waals surface area contributed by atoms with Gasteiger partial charge in [0.2, 0.25) is 0 Å². The van der Waals surface area contributed by atoms with Gasteiger partial charge in [0.05, 0.1) is 4.88 Å². The summed E-state index contributed by atoms with van der Waals surface area (Å²) < 4.78 is 2.22. The molecule has 0 radical (unpaired) electrons. The van der Waals surface area contributed by atoms with Gasteiger partial charge >= 0.3 is 0 Å². The van der Waals surface area contributed by atoms with Crippen molar-refractivity contribution in [3.63, 3.8) is 0 Å². The third-order valence-corrected chi connectivity index (χ3v) is 3.41. The minimum Gasteiger partial charge on any atom is -0.330 e. The van der Waals surface area contributed by atoms with Crippen molar-refractivity contribution in [2.45, 2.75) is 26.4 Å². The van der Waals surface area contributed by atoms with Crippen LogP contribution < -0.4 is 5.32 Å². The van der Waals surface area contributed by atoms with Crippen LogP contribution in [0.25, 0.3) is 10.7 Å². The first kappa shape index (κ1) is 11.4. The summed E-state index contributed by atoms with van der Waals surface area (Å²) in [7, 11) is 1.97. The monoisotopic (exact) mass is 235 g/mol. The lowest BCUT2D eigenvalue weighted by Gasteiger charge is -2.03. The van der Waals surface area contributed by atoms with Crippen molar-refractivity contribution in [1.82, 2.24) is 14.9 Å². The van der Waals surface area contributed by atoms with Crippen LogP contribution in [0.2, 0.25) is 0 Å². The minimum absolute atomic E-state index is 0.922. The number of rotatable bonds is 5. The van der Waals surface area contributed by atoms with Crippen molar-refractivity contribution in [2.24, 2.45) is 0 Å². The summed E-state index contributed by atoms with van der Waals surface area (Å²) in [5.74, 6) is 1.09. The second-order valence-electron chi connectivity index (χ2n) is 3.79. The van der Waals surface area contributed by atoms with E-state index in [1.165, 1.54) is 10.4 Å². The summed E-state index contributed by atoms with van der Waals surface area (Å²) in [6.07, 6.45) is 5.07. The van der Waals surface area contributed by atoms with Gasteiger partial charge in [0.1, 0.15) is 5.82 Å². The lowest BCUT2D eigenvalue weighted by molar-refractivity contribution is 0.686. The van der Waals surface area contributed by atoms with Crippen molar-refractivity contribution < 1.29 is 0 Å². The Kier molecular flexibility index (Phi) is 3.74. The number of imidazole rings is 1. The molecule has 0 amide bonds. The van der Waals surface area contributed by atoms with Gasteiger partial charge in [0.15, 0.2) is 0 Å². The largest absolute Gasteiger partial charge is 0.330 e. The molecule has 0 aliphatic rings. The molecule has 4 heteroatoms. The molecule has 1 N–H and O–H groups in total.